The van der Waals surface area contributed by atoms with Gasteiger partial charge in [-0.2, -0.15) is 0 Å². The summed E-state index contributed by atoms with van der Waals surface area (Å²) in [5.74, 6) is 0.538. The number of carbonyl (C=O) groups is 1. The number of amides is 1. The molecular formula is C18H28N2O. The van der Waals surface area contributed by atoms with Gasteiger partial charge in [-0.15, -0.1) is 0 Å². The average molecular weight is 288 g/mol. The van der Waals surface area contributed by atoms with Crippen molar-refractivity contribution < 1.29 is 4.79 Å². The summed E-state index contributed by atoms with van der Waals surface area (Å²) in [6.07, 6.45) is 2.70. The van der Waals surface area contributed by atoms with E-state index in [0.29, 0.717) is 5.92 Å². The number of nitrogens with zero attached hydrogens (tertiary/aromatic N) is 1. The zero-order chi connectivity index (χ0) is 15.6. The minimum absolute atomic E-state index is 0.105. The molecule has 1 amide bonds. The number of nitrogens with two attached hydrogens (primary N) is 1. The van der Waals surface area contributed by atoms with Gasteiger partial charge in [-0.3, -0.25) is 4.79 Å². The maximum absolute atomic E-state index is 12.7. The third-order valence-corrected chi connectivity index (χ3v) is 4.72. The fourth-order valence-corrected chi connectivity index (χ4v) is 3.54. The van der Waals surface area contributed by atoms with Crippen LogP contribution in [0.5, 0.6) is 0 Å². The van der Waals surface area contributed by atoms with Gasteiger partial charge in [-0.25, -0.2) is 0 Å². The molecular weight excluding hydrogens is 260 g/mol. The van der Waals surface area contributed by atoms with Crippen molar-refractivity contribution in [1.29, 1.82) is 0 Å². The van der Waals surface area contributed by atoms with E-state index in [9.17, 15) is 4.79 Å². The van der Waals surface area contributed by atoms with E-state index in [4.69, 9.17) is 5.73 Å². The molecule has 3 nitrogen and oxygen atoms in total. The maximum Gasteiger partial charge on any atom is 0.242 e. The lowest BCUT2D eigenvalue weighted by atomic mass is 9.93. The molecule has 0 aromatic heterocycles. The zero-order valence-electron chi connectivity index (χ0n) is 13.7. The van der Waals surface area contributed by atoms with E-state index in [1.165, 1.54) is 11.1 Å². The normalized spacial score (nSPS) is 24.9. The molecule has 1 aliphatic heterocycles. The highest BCUT2D eigenvalue weighted by Crippen LogP contribution is 2.34. The van der Waals surface area contributed by atoms with Crippen LogP contribution >= 0.6 is 0 Å². The number of aryl methyl sites for hydroxylation is 1. The molecule has 1 saturated heterocycles. The molecule has 1 heterocycles. The number of rotatable bonds is 4. The van der Waals surface area contributed by atoms with E-state index in [1.54, 1.807) is 0 Å². The van der Waals surface area contributed by atoms with Gasteiger partial charge in [0.2, 0.25) is 5.91 Å². The Labute approximate surface area is 128 Å². The molecule has 1 aromatic carbocycles. The van der Waals surface area contributed by atoms with Crippen molar-refractivity contribution >= 4 is 5.91 Å². The van der Waals surface area contributed by atoms with Gasteiger partial charge in [-0.1, -0.05) is 37.6 Å². The molecule has 2 N–H and O–H groups in total. The SMILES string of the molecule is CCCC(C)(N)C(=O)N1CC(c2ccccc2C)CC1C. The first-order valence-corrected chi connectivity index (χ1v) is 8.02. The molecule has 3 atom stereocenters. The van der Waals surface area contributed by atoms with Gasteiger partial charge in [0.1, 0.15) is 0 Å². The van der Waals surface area contributed by atoms with E-state index in [0.717, 1.165) is 25.8 Å². The minimum Gasteiger partial charge on any atom is -0.338 e. The van der Waals surface area contributed by atoms with Crippen LogP contribution in [-0.2, 0) is 4.79 Å². The molecule has 0 spiro atoms. The number of hydrogen-bond acceptors (Lipinski definition) is 2. The minimum atomic E-state index is -0.733. The van der Waals surface area contributed by atoms with Crippen LogP contribution < -0.4 is 5.73 Å². The first-order chi connectivity index (χ1) is 9.86. The fourth-order valence-electron chi connectivity index (χ4n) is 3.54. The topological polar surface area (TPSA) is 46.3 Å². The molecule has 1 fully saturated rings. The number of benzene rings is 1. The van der Waals surface area contributed by atoms with Crippen molar-refractivity contribution in [2.24, 2.45) is 5.73 Å². The van der Waals surface area contributed by atoms with Crippen LogP contribution in [0.3, 0.4) is 0 Å². The molecule has 3 unspecified atom stereocenters. The Hall–Kier alpha value is -1.35. The van der Waals surface area contributed by atoms with E-state index in [-0.39, 0.29) is 11.9 Å². The Balaban J connectivity index is 2.15. The second-order valence-corrected chi connectivity index (χ2v) is 6.76. The maximum atomic E-state index is 12.7. The molecule has 21 heavy (non-hydrogen) atoms. The fraction of sp³-hybridized carbons (Fsp3) is 0.611. The van der Waals surface area contributed by atoms with Crippen LogP contribution in [0.1, 0.15) is 57.1 Å². The van der Waals surface area contributed by atoms with Crippen LogP contribution in [0.25, 0.3) is 0 Å². The second kappa shape index (κ2) is 6.18. The lowest BCUT2D eigenvalue weighted by molar-refractivity contribution is -0.137. The smallest absolute Gasteiger partial charge is 0.242 e. The van der Waals surface area contributed by atoms with Gasteiger partial charge in [0.05, 0.1) is 5.54 Å². The van der Waals surface area contributed by atoms with Gasteiger partial charge < -0.3 is 10.6 Å². The van der Waals surface area contributed by atoms with Crippen LogP contribution in [-0.4, -0.2) is 28.9 Å². The summed E-state index contributed by atoms with van der Waals surface area (Å²) in [5, 5.41) is 0. The standard InChI is InChI=1S/C18H28N2O/c1-5-10-18(4,19)17(21)20-12-15(11-14(20)3)16-9-7-6-8-13(16)2/h6-9,14-15H,5,10-12,19H2,1-4H3. The summed E-state index contributed by atoms with van der Waals surface area (Å²) in [5.41, 5.74) is 8.19. The van der Waals surface area contributed by atoms with Crippen molar-refractivity contribution in [3.63, 3.8) is 0 Å². The first kappa shape index (κ1) is 16.0. The lowest BCUT2D eigenvalue weighted by Gasteiger charge is -2.31. The zero-order valence-corrected chi connectivity index (χ0v) is 13.7. The molecule has 0 saturated carbocycles. The largest absolute Gasteiger partial charge is 0.338 e. The molecule has 3 heteroatoms. The van der Waals surface area contributed by atoms with Crippen molar-refractivity contribution in [2.75, 3.05) is 6.54 Å². The molecule has 116 valence electrons. The quantitative estimate of drug-likeness (QED) is 0.924. The lowest BCUT2D eigenvalue weighted by Crippen LogP contribution is -2.54. The van der Waals surface area contributed by atoms with Crippen molar-refractivity contribution in [2.45, 2.75) is 64.5 Å². The molecule has 1 aliphatic rings. The van der Waals surface area contributed by atoms with Crippen molar-refractivity contribution in [3.8, 4) is 0 Å². The Morgan fingerprint density at radius 3 is 2.71 bits per heavy atom. The highest BCUT2D eigenvalue weighted by molar-refractivity contribution is 5.86. The number of carbonyl (C=O) groups excluding carboxylic acids is 1. The predicted molar refractivity (Wildman–Crippen MR) is 87.2 cm³/mol. The highest BCUT2D eigenvalue weighted by Gasteiger charge is 2.39. The van der Waals surface area contributed by atoms with Gasteiger partial charge in [0, 0.05) is 18.5 Å². The highest BCUT2D eigenvalue weighted by atomic mass is 16.2. The Kier molecular flexibility index (Phi) is 4.72. The van der Waals surface area contributed by atoms with Crippen LogP contribution in [0.4, 0.5) is 0 Å². The van der Waals surface area contributed by atoms with Crippen LogP contribution in [0, 0.1) is 6.92 Å². The van der Waals surface area contributed by atoms with Crippen molar-refractivity contribution in [1.82, 2.24) is 4.90 Å². The third kappa shape index (κ3) is 3.29. The molecule has 1 aromatic rings. The van der Waals surface area contributed by atoms with Gasteiger partial charge in [0.15, 0.2) is 0 Å². The first-order valence-electron chi connectivity index (χ1n) is 8.02. The van der Waals surface area contributed by atoms with Crippen LogP contribution in [0.2, 0.25) is 0 Å². The molecule has 0 radical (unpaired) electrons. The van der Waals surface area contributed by atoms with Gasteiger partial charge in [0.25, 0.3) is 0 Å². The molecule has 0 aliphatic carbocycles. The predicted octanol–water partition coefficient (Wildman–Crippen LogP) is 3.22. The van der Waals surface area contributed by atoms with Gasteiger partial charge in [-0.05, 0) is 44.7 Å². The number of likely N-dealkylation sites (tertiary alicyclic amines) is 1. The summed E-state index contributed by atoms with van der Waals surface area (Å²) >= 11 is 0. The monoisotopic (exact) mass is 288 g/mol. The molecule has 0 bridgehead atoms. The van der Waals surface area contributed by atoms with Crippen LogP contribution in [0.15, 0.2) is 24.3 Å². The van der Waals surface area contributed by atoms with E-state index >= 15 is 0 Å². The van der Waals surface area contributed by atoms with Crippen molar-refractivity contribution in [3.05, 3.63) is 35.4 Å². The summed E-state index contributed by atoms with van der Waals surface area (Å²) in [6.45, 7) is 9.02. The number of hydrogen-bond donors (Lipinski definition) is 1. The summed E-state index contributed by atoms with van der Waals surface area (Å²) in [4.78, 5) is 14.7. The Morgan fingerprint density at radius 2 is 2.10 bits per heavy atom. The summed E-state index contributed by atoms with van der Waals surface area (Å²) < 4.78 is 0. The van der Waals surface area contributed by atoms with Gasteiger partial charge >= 0.3 is 0 Å². The van der Waals surface area contributed by atoms with E-state index in [1.807, 2.05) is 11.8 Å². The van der Waals surface area contributed by atoms with E-state index in [2.05, 4.69) is 45.0 Å². The summed E-state index contributed by atoms with van der Waals surface area (Å²) in [6, 6.07) is 8.75. The second-order valence-electron chi connectivity index (χ2n) is 6.76. The third-order valence-electron chi connectivity index (χ3n) is 4.72. The Morgan fingerprint density at radius 1 is 1.43 bits per heavy atom. The molecule has 2 rings (SSSR count). The average Bonchev–Trinajstić information content (AvgIpc) is 2.80. The summed E-state index contributed by atoms with van der Waals surface area (Å²) in [7, 11) is 0. The Bertz CT molecular complexity index is 510. The van der Waals surface area contributed by atoms with E-state index < -0.39 is 5.54 Å².